The molecule has 2 aromatic heterocycles. The van der Waals surface area contributed by atoms with Gasteiger partial charge in [0, 0.05) is 6.07 Å². The predicted octanol–water partition coefficient (Wildman–Crippen LogP) is 2.11. The molecule has 0 aliphatic heterocycles. The van der Waals surface area contributed by atoms with E-state index in [-0.39, 0.29) is 16.7 Å². The lowest BCUT2D eigenvalue weighted by atomic mass is 10.4. The number of hydrogen-bond donors (Lipinski definition) is 2. The first kappa shape index (κ1) is 10.4. The normalized spacial score (nSPS) is 10.1. The molecule has 2 N–H and O–H groups in total. The van der Waals surface area contributed by atoms with Crippen molar-refractivity contribution in [2.75, 3.05) is 5.32 Å². The summed E-state index contributed by atoms with van der Waals surface area (Å²) in [6.45, 7) is 0. The monoisotopic (exact) mass is 239 g/mol. The average molecular weight is 240 g/mol. The summed E-state index contributed by atoms with van der Waals surface area (Å²) < 4.78 is 0. The number of aromatic amines is 1. The van der Waals surface area contributed by atoms with E-state index in [0.29, 0.717) is 5.82 Å². The van der Waals surface area contributed by atoms with E-state index in [1.165, 1.54) is 24.7 Å². The third kappa shape index (κ3) is 2.09. The molecule has 2 rings (SSSR count). The Bertz CT molecular complexity index is 513. The molecule has 0 saturated heterocycles. The Morgan fingerprint density at radius 3 is 2.94 bits per heavy atom. The van der Waals surface area contributed by atoms with Crippen molar-refractivity contribution in [1.82, 2.24) is 15.0 Å². The predicted molar refractivity (Wildman–Crippen MR) is 57.8 cm³/mol. The summed E-state index contributed by atoms with van der Waals surface area (Å²) in [5.41, 5.74) is -0.154. The van der Waals surface area contributed by atoms with Gasteiger partial charge in [-0.2, -0.15) is 0 Å². The van der Waals surface area contributed by atoms with Crippen LogP contribution >= 0.6 is 11.6 Å². The van der Waals surface area contributed by atoms with Crippen LogP contribution in [-0.2, 0) is 0 Å². The lowest BCUT2D eigenvalue weighted by Crippen LogP contribution is -1.99. The van der Waals surface area contributed by atoms with Gasteiger partial charge in [0.1, 0.15) is 11.0 Å². The van der Waals surface area contributed by atoms with Crippen molar-refractivity contribution in [1.29, 1.82) is 0 Å². The molecular formula is C8H6ClN5O2. The number of H-pyrrole nitrogens is 1. The van der Waals surface area contributed by atoms with E-state index in [9.17, 15) is 10.1 Å². The molecule has 2 heterocycles. The maximum Gasteiger partial charge on any atom is 0.311 e. The van der Waals surface area contributed by atoms with Gasteiger partial charge in [-0.15, -0.1) is 0 Å². The van der Waals surface area contributed by atoms with Crippen LogP contribution in [0.5, 0.6) is 0 Å². The minimum Gasteiger partial charge on any atom is -0.331 e. The number of pyridine rings is 1. The maximum absolute atomic E-state index is 10.7. The van der Waals surface area contributed by atoms with E-state index in [2.05, 4.69) is 20.3 Å². The van der Waals surface area contributed by atoms with Crippen LogP contribution in [0.2, 0.25) is 5.15 Å². The second-order valence-corrected chi connectivity index (χ2v) is 3.24. The number of nitro groups is 1. The molecule has 0 amide bonds. The van der Waals surface area contributed by atoms with Crippen LogP contribution in [0.1, 0.15) is 0 Å². The molecule has 0 fully saturated rings. The number of aromatic nitrogens is 3. The first-order chi connectivity index (χ1) is 7.66. The molecule has 82 valence electrons. The summed E-state index contributed by atoms with van der Waals surface area (Å²) in [4.78, 5) is 20.5. The van der Waals surface area contributed by atoms with Gasteiger partial charge in [0.05, 0.1) is 17.4 Å². The first-order valence-corrected chi connectivity index (χ1v) is 4.61. The van der Waals surface area contributed by atoms with Crippen LogP contribution in [0.15, 0.2) is 24.7 Å². The molecule has 2 aromatic rings. The molecule has 0 spiro atoms. The molecule has 0 bridgehead atoms. The van der Waals surface area contributed by atoms with Crippen LogP contribution in [0.4, 0.5) is 17.3 Å². The second kappa shape index (κ2) is 4.15. The molecule has 16 heavy (non-hydrogen) atoms. The van der Waals surface area contributed by atoms with Crippen molar-refractivity contribution in [3.05, 3.63) is 39.9 Å². The third-order valence-corrected chi connectivity index (χ3v) is 2.00. The Balaban J connectivity index is 2.38. The van der Waals surface area contributed by atoms with E-state index < -0.39 is 4.92 Å². The Morgan fingerprint density at radius 2 is 2.31 bits per heavy atom. The zero-order valence-corrected chi connectivity index (χ0v) is 8.60. The molecule has 0 radical (unpaired) electrons. The van der Waals surface area contributed by atoms with Gasteiger partial charge < -0.3 is 10.3 Å². The summed E-state index contributed by atoms with van der Waals surface area (Å²) in [6, 6.07) is 2.64. The van der Waals surface area contributed by atoms with Gasteiger partial charge in [-0.25, -0.2) is 9.97 Å². The quantitative estimate of drug-likeness (QED) is 0.486. The van der Waals surface area contributed by atoms with E-state index in [4.69, 9.17) is 11.6 Å². The molecule has 0 aliphatic rings. The topological polar surface area (TPSA) is 96.7 Å². The molecule has 0 saturated carbocycles. The van der Waals surface area contributed by atoms with Crippen LogP contribution < -0.4 is 5.32 Å². The van der Waals surface area contributed by atoms with Gasteiger partial charge in [0.2, 0.25) is 5.82 Å². The van der Waals surface area contributed by atoms with Crippen molar-refractivity contribution in [2.45, 2.75) is 0 Å². The maximum atomic E-state index is 10.7. The highest BCUT2D eigenvalue weighted by molar-refractivity contribution is 6.29. The van der Waals surface area contributed by atoms with E-state index in [0.717, 1.165) is 0 Å². The van der Waals surface area contributed by atoms with Crippen LogP contribution in [0, 0.1) is 10.1 Å². The van der Waals surface area contributed by atoms with Crippen LogP contribution in [0.25, 0.3) is 0 Å². The van der Waals surface area contributed by atoms with Crippen LogP contribution in [0.3, 0.4) is 0 Å². The van der Waals surface area contributed by atoms with Crippen LogP contribution in [-0.4, -0.2) is 19.9 Å². The summed E-state index contributed by atoms with van der Waals surface area (Å²) >= 11 is 5.66. The Labute approximate surface area is 94.6 Å². The third-order valence-electron chi connectivity index (χ3n) is 1.79. The molecule has 0 aliphatic carbocycles. The summed E-state index contributed by atoms with van der Waals surface area (Å²) in [6.07, 6.45) is 2.92. The van der Waals surface area contributed by atoms with Crippen molar-refractivity contribution in [2.24, 2.45) is 0 Å². The number of hydrogen-bond acceptors (Lipinski definition) is 5. The first-order valence-electron chi connectivity index (χ1n) is 4.23. The van der Waals surface area contributed by atoms with Gasteiger partial charge in [0.25, 0.3) is 0 Å². The van der Waals surface area contributed by atoms with E-state index >= 15 is 0 Å². The lowest BCUT2D eigenvalue weighted by molar-refractivity contribution is -0.384. The highest BCUT2D eigenvalue weighted by atomic mass is 35.5. The second-order valence-electron chi connectivity index (χ2n) is 2.85. The SMILES string of the molecule is O=[N+]([O-])c1ccc(Cl)nc1Nc1cnc[nH]1. The zero-order valence-electron chi connectivity index (χ0n) is 7.85. The largest absolute Gasteiger partial charge is 0.331 e. The minimum atomic E-state index is -0.540. The molecule has 8 heteroatoms. The van der Waals surface area contributed by atoms with Gasteiger partial charge in [0.15, 0.2) is 0 Å². The smallest absolute Gasteiger partial charge is 0.311 e. The summed E-state index contributed by atoms with van der Waals surface area (Å²) in [7, 11) is 0. The van der Waals surface area contributed by atoms with Crippen molar-refractivity contribution < 1.29 is 4.92 Å². The fraction of sp³-hybridized carbons (Fsp3) is 0. The number of imidazole rings is 1. The highest BCUT2D eigenvalue weighted by Crippen LogP contribution is 2.25. The summed E-state index contributed by atoms with van der Waals surface area (Å²) in [5, 5.41) is 13.6. The molecule has 0 atom stereocenters. The Hall–Kier alpha value is -2.15. The van der Waals surface area contributed by atoms with Crippen molar-refractivity contribution >= 4 is 28.9 Å². The van der Waals surface area contributed by atoms with Gasteiger partial charge in [-0.3, -0.25) is 10.1 Å². The average Bonchev–Trinajstić information content (AvgIpc) is 2.70. The number of rotatable bonds is 3. The number of nitrogens with zero attached hydrogens (tertiary/aromatic N) is 3. The molecular weight excluding hydrogens is 234 g/mol. The minimum absolute atomic E-state index is 0.0711. The van der Waals surface area contributed by atoms with Gasteiger partial charge in [-0.05, 0) is 6.07 Å². The fourth-order valence-electron chi connectivity index (χ4n) is 1.12. The van der Waals surface area contributed by atoms with Gasteiger partial charge >= 0.3 is 5.69 Å². The molecule has 0 aromatic carbocycles. The van der Waals surface area contributed by atoms with Crippen molar-refractivity contribution in [3.63, 3.8) is 0 Å². The van der Waals surface area contributed by atoms with E-state index in [1.807, 2.05) is 0 Å². The zero-order chi connectivity index (χ0) is 11.5. The standard InChI is InChI=1S/C8H6ClN5O2/c9-6-2-1-5(14(15)16)8(12-6)13-7-3-10-4-11-7/h1-4H,(H,10,11)(H,12,13). The Morgan fingerprint density at radius 1 is 1.50 bits per heavy atom. The molecule has 0 unspecified atom stereocenters. The van der Waals surface area contributed by atoms with Gasteiger partial charge in [-0.1, -0.05) is 11.6 Å². The highest BCUT2D eigenvalue weighted by Gasteiger charge is 2.15. The van der Waals surface area contributed by atoms with E-state index in [1.54, 1.807) is 0 Å². The van der Waals surface area contributed by atoms with Crippen molar-refractivity contribution in [3.8, 4) is 0 Å². The number of nitrogens with one attached hydrogen (secondary N) is 2. The Kier molecular flexibility index (Phi) is 2.69. The number of anilines is 2. The lowest BCUT2D eigenvalue weighted by Gasteiger charge is -2.03. The fourth-order valence-corrected chi connectivity index (χ4v) is 1.27. The number of halogens is 1. The molecule has 7 nitrogen and oxygen atoms in total. The summed E-state index contributed by atoms with van der Waals surface area (Å²) in [5.74, 6) is 0.569.